The second kappa shape index (κ2) is 13.0. The highest BCUT2D eigenvalue weighted by Gasteiger charge is 2.29. The Morgan fingerprint density at radius 2 is 1.79 bits per heavy atom. The van der Waals surface area contributed by atoms with Gasteiger partial charge in [-0.15, -0.1) is 0 Å². The maximum absolute atomic E-state index is 13.5. The van der Waals surface area contributed by atoms with Crippen LogP contribution in [-0.2, 0) is 26.2 Å². The van der Waals surface area contributed by atoms with E-state index in [0.717, 1.165) is 42.0 Å². The molecule has 0 radical (unpaired) electrons. The van der Waals surface area contributed by atoms with Crippen LogP contribution in [0.4, 0.5) is 5.69 Å². The molecule has 2 amide bonds. The maximum Gasteiger partial charge on any atom is 0.242 e. The first-order valence-corrected chi connectivity index (χ1v) is 16.0. The highest BCUT2D eigenvalue weighted by Crippen LogP contribution is 2.34. The molecule has 0 spiro atoms. The molecule has 0 unspecified atom stereocenters. The van der Waals surface area contributed by atoms with Crippen molar-refractivity contribution in [1.82, 2.24) is 10.2 Å². The van der Waals surface area contributed by atoms with Gasteiger partial charge in [0.05, 0.1) is 11.9 Å². The van der Waals surface area contributed by atoms with Crippen LogP contribution >= 0.6 is 15.9 Å². The van der Waals surface area contributed by atoms with E-state index in [1.54, 1.807) is 30.0 Å². The van der Waals surface area contributed by atoms with Crippen LogP contribution < -0.4 is 19.1 Å². The summed E-state index contributed by atoms with van der Waals surface area (Å²) in [7, 11) is -3.62. The predicted molar refractivity (Wildman–Crippen MR) is 153 cm³/mol. The van der Waals surface area contributed by atoms with Gasteiger partial charge in [0.25, 0.3) is 0 Å². The van der Waals surface area contributed by atoms with E-state index < -0.39 is 16.1 Å². The highest BCUT2D eigenvalue weighted by molar-refractivity contribution is 9.10. The molecule has 1 aliphatic heterocycles. The molecular formula is C28H36BrN3O6S. The number of carbonyl (C=O) groups excluding carboxylic acids is 2. The molecule has 39 heavy (non-hydrogen) atoms. The van der Waals surface area contributed by atoms with E-state index in [0.29, 0.717) is 30.4 Å². The summed E-state index contributed by atoms with van der Waals surface area (Å²) < 4.78 is 38.6. The Hall–Kier alpha value is -2.79. The summed E-state index contributed by atoms with van der Waals surface area (Å²) in [5, 5.41) is 3.10. The number of fused-ring (bicyclic) bond motifs is 1. The van der Waals surface area contributed by atoms with E-state index in [1.165, 1.54) is 4.31 Å². The average Bonchev–Trinajstić information content (AvgIpc) is 3.41. The molecule has 1 fully saturated rings. The third-order valence-electron chi connectivity index (χ3n) is 7.08. The molecule has 9 nitrogen and oxygen atoms in total. The SMILES string of the molecule is C[C@@H](C(=O)NC1CCCC1)N(Cc1cccc(Br)c1)C(=O)CCCN(c1ccc2c(c1)OCCO2)S(C)(=O)=O. The number of ether oxygens (including phenoxy) is 2. The summed E-state index contributed by atoms with van der Waals surface area (Å²) in [6, 6.07) is 12.1. The molecule has 1 atom stereocenters. The third kappa shape index (κ3) is 7.88. The van der Waals surface area contributed by atoms with E-state index in [-0.39, 0.29) is 43.8 Å². The Morgan fingerprint density at radius 1 is 1.08 bits per heavy atom. The lowest BCUT2D eigenvalue weighted by atomic mass is 10.1. The van der Waals surface area contributed by atoms with E-state index in [9.17, 15) is 18.0 Å². The Kier molecular flexibility index (Phi) is 9.76. The fourth-order valence-electron chi connectivity index (χ4n) is 5.00. The number of anilines is 1. The molecule has 1 saturated carbocycles. The Morgan fingerprint density at radius 3 is 2.49 bits per heavy atom. The molecular weight excluding hydrogens is 586 g/mol. The minimum atomic E-state index is -3.62. The summed E-state index contributed by atoms with van der Waals surface area (Å²) in [5.74, 6) is 0.687. The molecule has 2 aliphatic rings. The van der Waals surface area contributed by atoms with Gasteiger partial charge >= 0.3 is 0 Å². The van der Waals surface area contributed by atoms with Crippen LogP contribution in [0.5, 0.6) is 11.5 Å². The molecule has 1 aliphatic carbocycles. The van der Waals surface area contributed by atoms with Crippen LogP contribution in [0.1, 0.15) is 51.0 Å². The monoisotopic (exact) mass is 621 g/mol. The zero-order chi connectivity index (χ0) is 28.0. The van der Waals surface area contributed by atoms with Crippen molar-refractivity contribution in [1.29, 1.82) is 0 Å². The van der Waals surface area contributed by atoms with Gasteiger partial charge in [-0.25, -0.2) is 8.42 Å². The van der Waals surface area contributed by atoms with Gasteiger partial charge in [0.15, 0.2) is 11.5 Å². The van der Waals surface area contributed by atoms with Crippen LogP contribution in [0, 0.1) is 0 Å². The second-order valence-electron chi connectivity index (χ2n) is 10.1. The lowest BCUT2D eigenvalue weighted by Gasteiger charge is -2.30. The molecule has 2 aromatic carbocycles. The number of amides is 2. The standard InChI is InChI=1S/C28H36BrN3O6S/c1-20(28(34)30-23-9-3-4-10-23)31(19-21-7-5-8-22(29)17-21)27(33)11-6-14-32(39(2,35)36)24-12-13-25-26(18-24)38-16-15-37-25/h5,7-8,12-13,17-18,20,23H,3-4,6,9-11,14-16,19H2,1-2H3,(H,30,34)/t20-/m0/s1. The maximum atomic E-state index is 13.5. The van der Waals surface area contributed by atoms with Crippen molar-refractivity contribution in [2.24, 2.45) is 0 Å². The first kappa shape index (κ1) is 29.2. The molecule has 2 aromatic rings. The fourth-order valence-corrected chi connectivity index (χ4v) is 6.40. The fraction of sp³-hybridized carbons (Fsp3) is 0.500. The van der Waals surface area contributed by atoms with Crippen molar-refractivity contribution >= 4 is 43.5 Å². The van der Waals surface area contributed by atoms with Gasteiger partial charge in [-0.05, 0) is 56.0 Å². The Bertz CT molecular complexity index is 1280. The molecule has 1 heterocycles. The molecule has 0 bridgehead atoms. The van der Waals surface area contributed by atoms with E-state index in [1.807, 2.05) is 24.3 Å². The molecule has 0 aromatic heterocycles. The van der Waals surface area contributed by atoms with E-state index in [4.69, 9.17) is 9.47 Å². The van der Waals surface area contributed by atoms with Gasteiger partial charge in [0.1, 0.15) is 19.3 Å². The van der Waals surface area contributed by atoms with Crippen molar-refractivity contribution < 1.29 is 27.5 Å². The van der Waals surface area contributed by atoms with Gasteiger partial charge in [-0.3, -0.25) is 13.9 Å². The second-order valence-corrected chi connectivity index (χ2v) is 12.9. The lowest BCUT2D eigenvalue weighted by Crippen LogP contribution is -2.49. The first-order chi connectivity index (χ1) is 18.6. The van der Waals surface area contributed by atoms with Crippen molar-refractivity contribution in [2.45, 2.75) is 64.1 Å². The van der Waals surface area contributed by atoms with Gasteiger partial charge in [0, 0.05) is 36.1 Å². The largest absolute Gasteiger partial charge is 0.486 e. The lowest BCUT2D eigenvalue weighted by molar-refractivity contribution is -0.141. The highest BCUT2D eigenvalue weighted by atomic mass is 79.9. The summed E-state index contributed by atoms with van der Waals surface area (Å²) in [5.41, 5.74) is 1.34. The number of carbonyl (C=O) groups is 2. The zero-order valence-electron chi connectivity index (χ0n) is 22.4. The van der Waals surface area contributed by atoms with Crippen LogP contribution in [0.15, 0.2) is 46.9 Å². The first-order valence-electron chi connectivity index (χ1n) is 13.3. The van der Waals surface area contributed by atoms with Crippen molar-refractivity contribution in [3.8, 4) is 11.5 Å². The number of nitrogens with zero attached hydrogens (tertiary/aromatic N) is 2. The van der Waals surface area contributed by atoms with Crippen molar-refractivity contribution in [3.63, 3.8) is 0 Å². The normalized spacial score (nSPS) is 16.0. The van der Waals surface area contributed by atoms with Crippen LogP contribution in [0.2, 0.25) is 0 Å². The Balaban J connectivity index is 1.45. The number of benzene rings is 2. The summed E-state index contributed by atoms with van der Waals surface area (Å²) in [4.78, 5) is 28.2. The molecule has 4 rings (SSSR count). The van der Waals surface area contributed by atoms with Crippen molar-refractivity contribution in [2.75, 3.05) is 30.3 Å². The zero-order valence-corrected chi connectivity index (χ0v) is 24.8. The third-order valence-corrected chi connectivity index (χ3v) is 8.76. The average molecular weight is 623 g/mol. The predicted octanol–water partition coefficient (Wildman–Crippen LogP) is 4.24. The number of hydrogen-bond acceptors (Lipinski definition) is 6. The Labute approximate surface area is 239 Å². The van der Waals surface area contributed by atoms with E-state index in [2.05, 4.69) is 21.2 Å². The quantitative estimate of drug-likeness (QED) is 0.402. The molecule has 0 saturated heterocycles. The molecule has 1 N–H and O–H groups in total. The van der Waals surface area contributed by atoms with Gasteiger partial charge in [0.2, 0.25) is 21.8 Å². The smallest absolute Gasteiger partial charge is 0.242 e. The van der Waals surface area contributed by atoms with Gasteiger partial charge in [-0.1, -0.05) is 40.9 Å². The minimum absolute atomic E-state index is 0.0889. The molecule has 11 heteroatoms. The molecule has 212 valence electrons. The number of rotatable bonds is 11. The summed E-state index contributed by atoms with van der Waals surface area (Å²) in [6.07, 6.45) is 5.62. The number of sulfonamides is 1. The van der Waals surface area contributed by atoms with Gasteiger partial charge < -0.3 is 19.7 Å². The minimum Gasteiger partial charge on any atom is -0.486 e. The summed E-state index contributed by atoms with van der Waals surface area (Å²) in [6.45, 7) is 2.97. The summed E-state index contributed by atoms with van der Waals surface area (Å²) >= 11 is 3.47. The van der Waals surface area contributed by atoms with Crippen LogP contribution in [0.3, 0.4) is 0 Å². The van der Waals surface area contributed by atoms with E-state index >= 15 is 0 Å². The van der Waals surface area contributed by atoms with Gasteiger partial charge in [-0.2, -0.15) is 0 Å². The van der Waals surface area contributed by atoms with Crippen molar-refractivity contribution in [3.05, 3.63) is 52.5 Å². The topological polar surface area (TPSA) is 105 Å². The number of nitrogens with one attached hydrogen (secondary N) is 1. The number of halogens is 1. The van der Waals surface area contributed by atoms with Crippen LogP contribution in [-0.4, -0.2) is 63.2 Å². The van der Waals surface area contributed by atoms with Crippen LogP contribution in [0.25, 0.3) is 0 Å². The number of hydrogen-bond donors (Lipinski definition) is 1.